The van der Waals surface area contributed by atoms with Crippen molar-refractivity contribution in [2.75, 3.05) is 16.8 Å². The predicted octanol–water partition coefficient (Wildman–Crippen LogP) is 5.93. The molecule has 0 radical (unpaired) electrons. The van der Waals surface area contributed by atoms with Gasteiger partial charge in [-0.2, -0.15) is 0 Å². The van der Waals surface area contributed by atoms with E-state index in [1.54, 1.807) is 12.4 Å². The maximum absolute atomic E-state index is 15.4. The average molecular weight is 613 g/mol. The first-order valence-corrected chi connectivity index (χ1v) is 16.7. The number of nitrogens with one attached hydrogen (secondary N) is 1. The van der Waals surface area contributed by atoms with Gasteiger partial charge in [0, 0.05) is 12.2 Å². The smallest absolute Gasteiger partial charge is 0.274 e. The van der Waals surface area contributed by atoms with Crippen LogP contribution in [0, 0.1) is 23.5 Å². The fourth-order valence-electron chi connectivity index (χ4n) is 6.83. The maximum Gasteiger partial charge on any atom is 0.274 e. The van der Waals surface area contributed by atoms with Gasteiger partial charge in [-0.15, -0.1) is 0 Å². The van der Waals surface area contributed by atoms with Gasteiger partial charge < -0.3 is 16.2 Å². The lowest BCUT2D eigenvalue weighted by Gasteiger charge is -2.39. The molecular weight excluding hydrogens is 574 g/mol. The molecule has 4 atom stereocenters. The summed E-state index contributed by atoms with van der Waals surface area (Å²) in [5.74, 6) is -2.26. The summed E-state index contributed by atoms with van der Waals surface area (Å²) in [5, 5.41) is 13.6. The molecule has 1 saturated carbocycles. The number of nitrogens with two attached hydrogens (primary N) is 1. The molecule has 2 aromatic heterocycles. The van der Waals surface area contributed by atoms with Gasteiger partial charge in [-0.05, 0) is 97.2 Å². The van der Waals surface area contributed by atoms with Gasteiger partial charge >= 0.3 is 0 Å². The van der Waals surface area contributed by atoms with Gasteiger partial charge in [0.25, 0.3) is 5.91 Å². The van der Waals surface area contributed by atoms with E-state index < -0.39 is 44.4 Å². The second-order valence-electron chi connectivity index (χ2n) is 12.0. The number of anilines is 1. The Morgan fingerprint density at radius 3 is 2.51 bits per heavy atom. The highest BCUT2D eigenvalue weighted by molar-refractivity contribution is 7.91. The van der Waals surface area contributed by atoms with Gasteiger partial charge in [0.05, 0.1) is 29.0 Å². The van der Waals surface area contributed by atoms with Crippen LogP contribution < -0.4 is 11.1 Å². The van der Waals surface area contributed by atoms with Crippen molar-refractivity contribution in [3.63, 3.8) is 0 Å². The number of carbonyl (C=O) groups excluding carboxylic acids is 1. The standard InChI is InChI=1S/C32H38F2N4O4S/c1-3-4-22-18(2)13-21(15-26(22)35)23-7-10-36-17-28(23)38-32(40)27-6-5-24(33)31(37-27)30-25(34)14-20(16-29(30)39)19-8-11-43(41,42)12-9-19/h5-7,10,14,16-19,21-22,26,39H,3-4,8-9,11-13,15,35H2,1-2H3,(H,38,40)/t18-,21+,22-,26+/m0/s1. The number of nitrogens with zero attached hydrogens (tertiary/aromatic N) is 2. The van der Waals surface area contributed by atoms with Gasteiger partial charge in [-0.3, -0.25) is 9.78 Å². The Morgan fingerprint density at radius 1 is 1.09 bits per heavy atom. The number of hydrogen-bond acceptors (Lipinski definition) is 7. The molecule has 0 unspecified atom stereocenters. The molecule has 3 heterocycles. The minimum Gasteiger partial charge on any atom is -0.507 e. The van der Waals surface area contributed by atoms with E-state index in [1.165, 1.54) is 18.2 Å². The molecule has 0 bridgehead atoms. The Morgan fingerprint density at radius 2 is 1.84 bits per heavy atom. The molecule has 1 aliphatic carbocycles. The Balaban J connectivity index is 1.38. The molecule has 2 aliphatic rings. The summed E-state index contributed by atoms with van der Waals surface area (Å²) in [6.07, 6.45) is 7.73. The van der Waals surface area contributed by atoms with E-state index in [0.717, 1.165) is 37.3 Å². The van der Waals surface area contributed by atoms with Gasteiger partial charge in [0.15, 0.2) is 0 Å². The number of pyridine rings is 2. The lowest BCUT2D eigenvalue weighted by Crippen LogP contribution is -2.40. The molecule has 2 fully saturated rings. The lowest BCUT2D eigenvalue weighted by molar-refractivity contribution is 0.102. The van der Waals surface area contributed by atoms with Crippen LogP contribution in [0.3, 0.4) is 0 Å². The topological polar surface area (TPSA) is 135 Å². The van der Waals surface area contributed by atoms with Crippen molar-refractivity contribution in [2.24, 2.45) is 17.6 Å². The quantitative estimate of drug-likeness (QED) is 0.301. The van der Waals surface area contributed by atoms with Gasteiger partial charge in [0.1, 0.15) is 38.6 Å². The highest BCUT2D eigenvalue weighted by atomic mass is 32.2. The van der Waals surface area contributed by atoms with E-state index in [-0.39, 0.29) is 35.1 Å². The number of carbonyl (C=O) groups is 1. The van der Waals surface area contributed by atoms with E-state index in [0.29, 0.717) is 35.9 Å². The second kappa shape index (κ2) is 12.7. The Labute approximate surface area is 251 Å². The summed E-state index contributed by atoms with van der Waals surface area (Å²) in [6, 6.07) is 6.62. The molecule has 43 heavy (non-hydrogen) atoms. The summed E-state index contributed by atoms with van der Waals surface area (Å²) < 4.78 is 53.9. The Hall–Kier alpha value is -3.44. The maximum atomic E-state index is 15.4. The molecule has 5 rings (SSSR count). The van der Waals surface area contributed by atoms with Crippen molar-refractivity contribution >= 4 is 21.4 Å². The van der Waals surface area contributed by atoms with Gasteiger partial charge in [0.2, 0.25) is 0 Å². The predicted molar refractivity (Wildman–Crippen MR) is 162 cm³/mol. The van der Waals surface area contributed by atoms with Crippen LogP contribution in [0.2, 0.25) is 0 Å². The second-order valence-corrected chi connectivity index (χ2v) is 14.3. The van der Waals surface area contributed by atoms with Crippen molar-refractivity contribution in [3.05, 3.63) is 71.2 Å². The number of benzene rings is 1. The van der Waals surface area contributed by atoms with Crippen molar-refractivity contribution in [2.45, 2.75) is 70.3 Å². The van der Waals surface area contributed by atoms with E-state index in [4.69, 9.17) is 5.73 Å². The van der Waals surface area contributed by atoms with Crippen LogP contribution in [0.25, 0.3) is 11.3 Å². The van der Waals surface area contributed by atoms with Gasteiger partial charge in [-0.25, -0.2) is 22.2 Å². The molecule has 0 spiro atoms. The number of amides is 1. The first kappa shape index (κ1) is 31.0. The Bertz CT molecular complexity index is 1570. The van der Waals surface area contributed by atoms with E-state index in [1.807, 2.05) is 6.07 Å². The molecule has 230 valence electrons. The van der Waals surface area contributed by atoms with Crippen LogP contribution >= 0.6 is 0 Å². The van der Waals surface area contributed by atoms with Crippen molar-refractivity contribution in [1.82, 2.24) is 9.97 Å². The number of sulfone groups is 1. The van der Waals surface area contributed by atoms with E-state index in [9.17, 15) is 22.7 Å². The molecule has 4 N–H and O–H groups in total. The minimum atomic E-state index is -3.12. The van der Waals surface area contributed by atoms with Crippen molar-refractivity contribution < 1.29 is 27.1 Å². The van der Waals surface area contributed by atoms with Crippen LogP contribution in [-0.2, 0) is 9.84 Å². The first-order chi connectivity index (χ1) is 20.5. The van der Waals surface area contributed by atoms with E-state index in [2.05, 4.69) is 29.1 Å². The lowest BCUT2D eigenvalue weighted by atomic mass is 9.68. The molecule has 1 aromatic carbocycles. The van der Waals surface area contributed by atoms with Crippen molar-refractivity contribution in [1.29, 1.82) is 0 Å². The number of aromatic nitrogens is 2. The molecule has 1 aliphatic heterocycles. The van der Waals surface area contributed by atoms with Crippen LogP contribution in [0.15, 0.2) is 42.7 Å². The summed E-state index contributed by atoms with van der Waals surface area (Å²) >= 11 is 0. The van der Waals surface area contributed by atoms with E-state index >= 15 is 4.39 Å². The zero-order valence-corrected chi connectivity index (χ0v) is 25.2. The van der Waals surface area contributed by atoms with Crippen LogP contribution in [0.4, 0.5) is 14.5 Å². The normalized spacial score (nSPS) is 24.0. The first-order valence-electron chi connectivity index (χ1n) is 14.9. The summed E-state index contributed by atoms with van der Waals surface area (Å²) in [4.78, 5) is 21.6. The zero-order chi connectivity index (χ0) is 30.9. The molecule has 3 aromatic rings. The summed E-state index contributed by atoms with van der Waals surface area (Å²) in [5.41, 5.74) is 7.30. The average Bonchev–Trinajstić information content (AvgIpc) is 2.95. The molecule has 1 saturated heterocycles. The number of phenols is 1. The van der Waals surface area contributed by atoms with Crippen LogP contribution in [-0.4, -0.2) is 46.9 Å². The van der Waals surface area contributed by atoms with Crippen LogP contribution in [0.5, 0.6) is 5.75 Å². The number of halogens is 2. The molecule has 1 amide bonds. The third-order valence-corrected chi connectivity index (χ3v) is 10.8. The SMILES string of the molecule is CCC[C@@H]1[C@H](N)C[C@H](c2ccncc2NC(=O)c2ccc(F)c(-c3c(O)cc(C4CCS(=O)(=O)CC4)cc3F)n2)C[C@@H]1C. The number of hydrogen-bond donors (Lipinski definition) is 3. The largest absolute Gasteiger partial charge is 0.507 e. The monoisotopic (exact) mass is 612 g/mol. The van der Waals surface area contributed by atoms with Gasteiger partial charge in [-0.1, -0.05) is 20.3 Å². The summed E-state index contributed by atoms with van der Waals surface area (Å²) in [7, 11) is -3.12. The zero-order valence-electron chi connectivity index (χ0n) is 24.4. The van der Waals surface area contributed by atoms with Crippen molar-refractivity contribution in [3.8, 4) is 17.0 Å². The summed E-state index contributed by atoms with van der Waals surface area (Å²) in [6.45, 7) is 4.38. The van der Waals surface area contributed by atoms with Crippen LogP contribution in [0.1, 0.15) is 85.8 Å². The molecule has 11 heteroatoms. The highest BCUT2D eigenvalue weighted by Gasteiger charge is 2.35. The number of phenolic OH excluding ortho intramolecular Hbond substituents is 1. The fraction of sp³-hybridized carbons (Fsp3) is 0.469. The molecular formula is C32H38F2N4O4S. The third-order valence-electron chi connectivity index (χ3n) is 9.09. The molecule has 8 nitrogen and oxygen atoms in total. The third kappa shape index (κ3) is 6.72. The fourth-order valence-corrected chi connectivity index (χ4v) is 8.32. The Kier molecular flexibility index (Phi) is 9.12. The number of aromatic hydroxyl groups is 1. The minimum absolute atomic E-state index is 0.0141. The number of rotatable bonds is 7. The highest BCUT2D eigenvalue weighted by Crippen LogP contribution is 2.43.